The van der Waals surface area contributed by atoms with E-state index in [-0.39, 0.29) is 0 Å². The molecule has 0 bridgehead atoms. The zero-order chi connectivity index (χ0) is 14.3. The third-order valence-corrected chi connectivity index (χ3v) is 3.21. The van der Waals surface area contributed by atoms with Crippen molar-refractivity contribution in [1.82, 2.24) is 10.2 Å². The third kappa shape index (κ3) is 14.1. The van der Waals surface area contributed by atoms with Gasteiger partial charge in [0, 0.05) is 19.7 Å². The van der Waals surface area contributed by atoms with Gasteiger partial charge >= 0.3 is 0 Å². The molecule has 3 nitrogen and oxygen atoms in total. The van der Waals surface area contributed by atoms with Crippen LogP contribution in [0.5, 0.6) is 0 Å². The van der Waals surface area contributed by atoms with Crippen molar-refractivity contribution < 1.29 is 4.74 Å². The number of rotatable bonds is 14. The van der Waals surface area contributed by atoms with Gasteiger partial charge in [0.2, 0.25) is 0 Å². The van der Waals surface area contributed by atoms with Crippen molar-refractivity contribution in [3.05, 3.63) is 0 Å². The normalized spacial score (nSPS) is 11.7. The van der Waals surface area contributed by atoms with Crippen LogP contribution < -0.4 is 5.32 Å². The number of unbranched alkanes of at least 4 members (excludes halogenated alkanes) is 2. The summed E-state index contributed by atoms with van der Waals surface area (Å²) in [5.74, 6) is 0. The summed E-state index contributed by atoms with van der Waals surface area (Å²) in [6.07, 6.45) is 6.71. The van der Waals surface area contributed by atoms with Gasteiger partial charge in [-0.1, -0.05) is 26.7 Å². The maximum atomic E-state index is 5.53. The van der Waals surface area contributed by atoms with Crippen molar-refractivity contribution in [2.24, 2.45) is 0 Å². The molecule has 0 rings (SSSR count). The van der Waals surface area contributed by atoms with Gasteiger partial charge in [0.15, 0.2) is 0 Å². The summed E-state index contributed by atoms with van der Waals surface area (Å²) in [6.45, 7) is 15.5. The molecule has 3 heteroatoms. The Labute approximate surface area is 121 Å². The molecule has 0 aliphatic carbocycles. The van der Waals surface area contributed by atoms with E-state index in [1.165, 1.54) is 45.3 Å². The second kappa shape index (κ2) is 14.3. The lowest BCUT2D eigenvalue weighted by molar-refractivity contribution is 0.0770. The summed E-state index contributed by atoms with van der Waals surface area (Å²) in [6, 6.07) is 0. The molecule has 0 atom stereocenters. The van der Waals surface area contributed by atoms with Gasteiger partial charge in [-0.3, -0.25) is 0 Å². The fourth-order valence-electron chi connectivity index (χ4n) is 1.98. The number of nitrogens with one attached hydrogen (secondary N) is 1. The molecule has 0 aliphatic heterocycles. The highest BCUT2D eigenvalue weighted by Gasteiger charge is 2.02. The Morgan fingerprint density at radius 3 is 2.05 bits per heavy atom. The van der Waals surface area contributed by atoms with Gasteiger partial charge in [-0.2, -0.15) is 0 Å². The first kappa shape index (κ1) is 18.9. The minimum atomic E-state index is 0.360. The monoisotopic (exact) mass is 272 g/mol. The summed E-state index contributed by atoms with van der Waals surface area (Å²) in [7, 11) is 0. The average molecular weight is 272 g/mol. The highest BCUT2D eigenvalue weighted by Crippen LogP contribution is 1.98. The number of ether oxygens (including phenoxy) is 1. The van der Waals surface area contributed by atoms with Crippen LogP contribution in [-0.2, 0) is 4.74 Å². The zero-order valence-corrected chi connectivity index (χ0v) is 13.7. The Kier molecular flexibility index (Phi) is 14.2. The van der Waals surface area contributed by atoms with Gasteiger partial charge in [-0.25, -0.2) is 0 Å². The summed E-state index contributed by atoms with van der Waals surface area (Å²) < 4.78 is 5.53. The molecule has 0 fully saturated rings. The van der Waals surface area contributed by atoms with Crippen molar-refractivity contribution in [1.29, 1.82) is 0 Å². The number of nitrogens with zero attached hydrogens (tertiary/aromatic N) is 1. The van der Waals surface area contributed by atoms with Crippen molar-refractivity contribution >= 4 is 0 Å². The lowest BCUT2D eigenvalue weighted by Gasteiger charge is -2.22. The Morgan fingerprint density at radius 2 is 1.53 bits per heavy atom. The Bertz CT molecular complexity index is 166. The van der Waals surface area contributed by atoms with E-state index in [4.69, 9.17) is 4.74 Å². The van der Waals surface area contributed by atoms with Crippen molar-refractivity contribution in [3.8, 4) is 0 Å². The summed E-state index contributed by atoms with van der Waals surface area (Å²) in [4.78, 5) is 2.60. The highest BCUT2D eigenvalue weighted by molar-refractivity contribution is 4.60. The molecule has 116 valence electrons. The quantitative estimate of drug-likeness (QED) is 0.491. The van der Waals surface area contributed by atoms with Gasteiger partial charge in [0.1, 0.15) is 0 Å². The Hall–Kier alpha value is -0.120. The minimum Gasteiger partial charge on any atom is -0.379 e. The van der Waals surface area contributed by atoms with E-state index in [2.05, 4.69) is 37.9 Å². The lowest BCUT2D eigenvalue weighted by Crippen LogP contribution is -2.34. The summed E-state index contributed by atoms with van der Waals surface area (Å²) >= 11 is 0. The van der Waals surface area contributed by atoms with Crippen LogP contribution in [0.3, 0.4) is 0 Å². The SMILES string of the molecule is CCCCN(CCCC)CCNCCCOC(C)C. The van der Waals surface area contributed by atoms with Crippen LogP contribution in [0.1, 0.15) is 59.8 Å². The molecule has 0 amide bonds. The second-order valence-electron chi connectivity index (χ2n) is 5.57. The fourth-order valence-corrected chi connectivity index (χ4v) is 1.98. The topological polar surface area (TPSA) is 24.5 Å². The van der Waals surface area contributed by atoms with E-state index in [0.29, 0.717) is 6.10 Å². The Morgan fingerprint density at radius 1 is 0.895 bits per heavy atom. The van der Waals surface area contributed by atoms with Crippen LogP contribution >= 0.6 is 0 Å². The van der Waals surface area contributed by atoms with E-state index < -0.39 is 0 Å². The van der Waals surface area contributed by atoms with Crippen molar-refractivity contribution in [3.63, 3.8) is 0 Å². The standard InChI is InChI=1S/C16H36N2O/c1-5-7-12-18(13-8-6-2)14-11-17-10-9-15-19-16(3)4/h16-17H,5-15H2,1-4H3. The fraction of sp³-hybridized carbons (Fsp3) is 1.00. The smallest absolute Gasteiger partial charge is 0.0518 e. The minimum absolute atomic E-state index is 0.360. The molecule has 0 heterocycles. The molecule has 0 saturated carbocycles. The lowest BCUT2D eigenvalue weighted by atomic mass is 10.2. The predicted molar refractivity (Wildman–Crippen MR) is 84.8 cm³/mol. The second-order valence-corrected chi connectivity index (χ2v) is 5.57. The molecule has 1 N–H and O–H groups in total. The largest absolute Gasteiger partial charge is 0.379 e. The van der Waals surface area contributed by atoms with Gasteiger partial charge < -0.3 is 15.0 Å². The van der Waals surface area contributed by atoms with E-state index in [0.717, 1.165) is 26.1 Å². The molecule has 0 unspecified atom stereocenters. The van der Waals surface area contributed by atoms with E-state index >= 15 is 0 Å². The molecule has 0 saturated heterocycles. The molecule has 0 radical (unpaired) electrons. The maximum Gasteiger partial charge on any atom is 0.0518 e. The van der Waals surface area contributed by atoms with Gasteiger partial charge in [-0.05, 0) is 52.7 Å². The van der Waals surface area contributed by atoms with Crippen molar-refractivity contribution in [2.45, 2.75) is 65.9 Å². The van der Waals surface area contributed by atoms with E-state index in [1.807, 2.05) is 0 Å². The molecule has 0 aromatic rings. The van der Waals surface area contributed by atoms with Gasteiger partial charge in [0.25, 0.3) is 0 Å². The predicted octanol–water partition coefficient (Wildman–Crippen LogP) is 3.29. The number of hydrogen-bond acceptors (Lipinski definition) is 3. The van der Waals surface area contributed by atoms with Crippen LogP contribution in [-0.4, -0.2) is 50.3 Å². The van der Waals surface area contributed by atoms with Crippen LogP contribution in [0.15, 0.2) is 0 Å². The summed E-state index contributed by atoms with van der Waals surface area (Å²) in [5, 5.41) is 3.52. The molecule has 0 aromatic heterocycles. The van der Waals surface area contributed by atoms with E-state index in [1.54, 1.807) is 0 Å². The van der Waals surface area contributed by atoms with Crippen LogP contribution in [0.25, 0.3) is 0 Å². The van der Waals surface area contributed by atoms with Gasteiger partial charge in [-0.15, -0.1) is 0 Å². The van der Waals surface area contributed by atoms with Gasteiger partial charge in [0.05, 0.1) is 6.10 Å². The Balaban J connectivity index is 3.45. The molecular formula is C16H36N2O. The van der Waals surface area contributed by atoms with Crippen LogP contribution in [0.2, 0.25) is 0 Å². The molecule has 0 spiro atoms. The van der Waals surface area contributed by atoms with E-state index in [9.17, 15) is 0 Å². The third-order valence-electron chi connectivity index (χ3n) is 3.21. The first-order valence-corrected chi connectivity index (χ1v) is 8.25. The summed E-state index contributed by atoms with van der Waals surface area (Å²) in [5.41, 5.74) is 0. The van der Waals surface area contributed by atoms with Crippen LogP contribution in [0, 0.1) is 0 Å². The van der Waals surface area contributed by atoms with Crippen molar-refractivity contribution in [2.75, 3.05) is 39.3 Å². The average Bonchev–Trinajstić information content (AvgIpc) is 2.39. The zero-order valence-electron chi connectivity index (χ0n) is 13.7. The maximum absolute atomic E-state index is 5.53. The van der Waals surface area contributed by atoms with Crippen LogP contribution in [0.4, 0.5) is 0 Å². The first-order valence-electron chi connectivity index (χ1n) is 8.25. The molecule has 19 heavy (non-hydrogen) atoms. The first-order chi connectivity index (χ1) is 9.20. The highest BCUT2D eigenvalue weighted by atomic mass is 16.5. The molecular weight excluding hydrogens is 236 g/mol. The number of hydrogen-bond donors (Lipinski definition) is 1. The molecule has 0 aromatic carbocycles. The molecule has 0 aliphatic rings.